The van der Waals surface area contributed by atoms with Gasteiger partial charge >= 0.3 is 0 Å². The summed E-state index contributed by atoms with van der Waals surface area (Å²) in [5.74, 6) is 1.05. The zero-order valence-electron chi connectivity index (χ0n) is 12.1. The second-order valence-corrected chi connectivity index (χ2v) is 6.42. The number of benzene rings is 1. The molecule has 1 aromatic carbocycles. The maximum absolute atomic E-state index is 12.0. The predicted molar refractivity (Wildman–Crippen MR) is 81.4 cm³/mol. The summed E-state index contributed by atoms with van der Waals surface area (Å²) in [6.45, 7) is 0. The van der Waals surface area contributed by atoms with E-state index in [-0.39, 0.29) is 0 Å². The highest BCUT2D eigenvalue weighted by atomic mass is 16.1. The zero-order chi connectivity index (χ0) is 13.7. The molecule has 0 bridgehead atoms. The third kappa shape index (κ3) is 1.67. The van der Waals surface area contributed by atoms with E-state index >= 15 is 0 Å². The molecule has 4 rings (SSSR count). The smallest absolute Gasteiger partial charge is 0.179 e. The van der Waals surface area contributed by atoms with Crippen LogP contribution >= 0.6 is 0 Å². The summed E-state index contributed by atoms with van der Waals surface area (Å²) >= 11 is 0. The Morgan fingerprint density at radius 1 is 1.10 bits per heavy atom. The maximum Gasteiger partial charge on any atom is 0.179 e. The zero-order valence-corrected chi connectivity index (χ0v) is 12.1. The molecule has 1 aromatic heterocycles. The van der Waals surface area contributed by atoms with Crippen LogP contribution in [-0.2, 0) is 13.5 Å². The molecule has 0 saturated heterocycles. The lowest BCUT2D eigenvalue weighted by molar-refractivity contribution is 0.0987. The van der Waals surface area contributed by atoms with Gasteiger partial charge in [0, 0.05) is 24.4 Å². The van der Waals surface area contributed by atoms with Gasteiger partial charge in [-0.15, -0.1) is 0 Å². The van der Waals surface area contributed by atoms with Gasteiger partial charge in [0.05, 0.1) is 5.69 Å². The molecule has 2 aromatic rings. The number of rotatable bonds is 1. The van der Waals surface area contributed by atoms with Gasteiger partial charge in [0.15, 0.2) is 5.78 Å². The van der Waals surface area contributed by atoms with Crippen LogP contribution in [0.25, 0.3) is 10.9 Å². The van der Waals surface area contributed by atoms with E-state index in [0.29, 0.717) is 12.2 Å². The standard InChI is InChI=1S/C18H21NO/c1-19-16-9-7-13(12-5-3-2-4-6-12)11-15(16)14-8-10-17(20)18(14)19/h7,9,11-12H,2-6,8,10H2,1H3. The Kier molecular flexibility index (Phi) is 2.73. The number of hydrogen-bond acceptors (Lipinski definition) is 1. The van der Waals surface area contributed by atoms with E-state index in [9.17, 15) is 4.79 Å². The van der Waals surface area contributed by atoms with Crippen molar-refractivity contribution in [3.05, 3.63) is 35.0 Å². The van der Waals surface area contributed by atoms with Crippen LogP contribution in [0.2, 0.25) is 0 Å². The lowest BCUT2D eigenvalue weighted by Crippen LogP contribution is -2.04. The Bertz CT molecular complexity index is 689. The summed E-state index contributed by atoms with van der Waals surface area (Å²) in [6, 6.07) is 6.89. The van der Waals surface area contributed by atoms with Gasteiger partial charge in [-0.3, -0.25) is 4.79 Å². The lowest BCUT2D eigenvalue weighted by Gasteiger charge is -2.22. The van der Waals surface area contributed by atoms with Gasteiger partial charge in [-0.05, 0) is 48.4 Å². The lowest BCUT2D eigenvalue weighted by atomic mass is 9.83. The topological polar surface area (TPSA) is 22.0 Å². The van der Waals surface area contributed by atoms with E-state index in [4.69, 9.17) is 0 Å². The number of aryl methyl sites for hydroxylation is 2. The van der Waals surface area contributed by atoms with Crippen LogP contribution in [-0.4, -0.2) is 10.4 Å². The van der Waals surface area contributed by atoms with Gasteiger partial charge in [-0.25, -0.2) is 0 Å². The molecular weight excluding hydrogens is 246 g/mol. The molecule has 104 valence electrons. The van der Waals surface area contributed by atoms with Gasteiger partial charge in [-0.2, -0.15) is 0 Å². The highest BCUT2D eigenvalue weighted by molar-refractivity contribution is 6.06. The molecular formula is C18H21NO. The average molecular weight is 267 g/mol. The Morgan fingerprint density at radius 2 is 1.90 bits per heavy atom. The summed E-state index contributed by atoms with van der Waals surface area (Å²) in [5.41, 5.74) is 4.97. The molecule has 2 aliphatic rings. The highest BCUT2D eigenvalue weighted by Crippen LogP contribution is 2.37. The van der Waals surface area contributed by atoms with Crippen LogP contribution in [0, 0.1) is 0 Å². The van der Waals surface area contributed by atoms with Crippen molar-refractivity contribution < 1.29 is 4.79 Å². The molecule has 0 aliphatic heterocycles. The Labute approximate surface area is 119 Å². The number of ketones is 1. The van der Waals surface area contributed by atoms with Gasteiger partial charge in [0.25, 0.3) is 0 Å². The summed E-state index contributed by atoms with van der Waals surface area (Å²) in [4.78, 5) is 12.0. The molecule has 1 fully saturated rings. The van der Waals surface area contributed by atoms with Gasteiger partial charge in [0.1, 0.15) is 0 Å². The van der Waals surface area contributed by atoms with E-state index < -0.39 is 0 Å². The summed E-state index contributed by atoms with van der Waals surface area (Å²) in [7, 11) is 2.03. The van der Waals surface area contributed by atoms with Crippen LogP contribution in [0.1, 0.15) is 66.1 Å². The minimum Gasteiger partial charge on any atom is -0.341 e. The number of nitrogens with zero attached hydrogens (tertiary/aromatic N) is 1. The minimum absolute atomic E-state index is 0.318. The van der Waals surface area contributed by atoms with Crippen molar-refractivity contribution >= 4 is 16.7 Å². The molecule has 0 spiro atoms. The summed E-state index contributed by atoms with van der Waals surface area (Å²) in [6.07, 6.45) is 8.43. The molecule has 20 heavy (non-hydrogen) atoms. The van der Waals surface area contributed by atoms with Crippen molar-refractivity contribution in [3.63, 3.8) is 0 Å². The van der Waals surface area contributed by atoms with Gasteiger partial charge in [-0.1, -0.05) is 25.3 Å². The first-order chi connectivity index (χ1) is 9.75. The van der Waals surface area contributed by atoms with Crippen molar-refractivity contribution in [2.24, 2.45) is 7.05 Å². The average Bonchev–Trinajstić information content (AvgIpc) is 3.00. The van der Waals surface area contributed by atoms with Crippen molar-refractivity contribution in [2.75, 3.05) is 0 Å². The Hall–Kier alpha value is -1.57. The third-order valence-corrected chi connectivity index (χ3v) is 5.27. The second kappa shape index (κ2) is 4.47. The van der Waals surface area contributed by atoms with Crippen LogP contribution in [0.15, 0.2) is 18.2 Å². The van der Waals surface area contributed by atoms with Crippen LogP contribution in [0.4, 0.5) is 0 Å². The SMILES string of the molecule is Cn1c2c(c3cc(C4CCCCC4)ccc31)CCC2=O. The van der Waals surface area contributed by atoms with E-state index in [2.05, 4.69) is 22.8 Å². The van der Waals surface area contributed by atoms with E-state index in [1.807, 2.05) is 7.05 Å². The monoisotopic (exact) mass is 267 g/mol. The first kappa shape index (κ1) is 12.2. The number of fused-ring (bicyclic) bond motifs is 3. The normalized spacial score (nSPS) is 19.8. The predicted octanol–water partition coefficient (Wildman–Crippen LogP) is 4.35. The molecule has 0 unspecified atom stereocenters. The van der Waals surface area contributed by atoms with Crippen molar-refractivity contribution in [2.45, 2.75) is 50.9 Å². The first-order valence-corrected chi connectivity index (χ1v) is 7.90. The summed E-state index contributed by atoms with van der Waals surface area (Å²) < 4.78 is 2.10. The molecule has 2 nitrogen and oxygen atoms in total. The van der Waals surface area contributed by atoms with Crippen LogP contribution in [0.3, 0.4) is 0 Å². The maximum atomic E-state index is 12.0. The number of carbonyl (C=O) groups excluding carboxylic acids is 1. The molecule has 0 amide bonds. The number of carbonyl (C=O) groups is 1. The number of Topliss-reactive ketones (excluding diaryl/α,β-unsaturated/α-hetero) is 1. The highest BCUT2D eigenvalue weighted by Gasteiger charge is 2.27. The molecule has 0 atom stereocenters. The third-order valence-electron chi connectivity index (χ3n) is 5.27. The Morgan fingerprint density at radius 3 is 2.70 bits per heavy atom. The number of hydrogen-bond donors (Lipinski definition) is 0. The van der Waals surface area contributed by atoms with E-state index in [1.54, 1.807) is 0 Å². The summed E-state index contributed by atoms with van der Waals surface area (Å²) in [5, 5.41) is 1.33. The van der Waals surface area contributed by atoms with Crippen molar-refractivity contribution in [1.29, 1.82) is 0 Å². The second-order valence-electron chi connectivity index (χ2n) is 6.42. The fourth-order valence-corrected chi connectivity index (χ4v) is 4.19. The first-order valence-electron chi connectivity index (χ1n) is 7.90. The van der Waals surface area contributed by atoms with Crippen LogP contribution in [0.5, 0.6) is 0 Å². The molecule has 1 heterocycles. The van der Waals surface area contributed by atoms with Crippen molar-refractivity contribution in [1.82, 2.24) is 4.57 Å². The van der Waals surface area contributed by atoms with Crippen molar-refractivity contribution in [3.8, 4) is 0 Å². The Balaban J connectivity index is 1.85. The van der Waals surface area contributed by atoms with E-state index in [0.717, 1.165) is 18.0 Å². The van der Waals surface area contributed by atoms with E-state index in [1.165, 1.54) is 54.1 Å². The fourth-order valence-electron chi connectivity index (χ4n) is 4.19. The molecule has 2 aliphatic carbocycles. The number of aromatic nitrogens is 1. The molecule has 1 saturated carbocycles. The van der Waals surface area contributed by atoms with Gasteiger partial charge in [0.2, 0.25) is 0 Å². The largest absolute Gasteiger partial charge is 0.341 e. The quantitative estimate of drug-likeness (QED) is 0.752. The van der Waals surface area contributed by atoms with Crippen LogP contribution < -0.4 is 0 Å². The molecule has 0 radical (unpaired) electrons. The molecule has 0 N–H and O–H groups in total. The minimum atomic E-state index is 0.318. The fraction of sp³-hybridized carbons (Fsp3) is 0.500. The molecule has 2 heteroatoms. The van der Waals surface area contributed by atoms with Gasteiger partial charge < -0.3 is 4.57 Å².